The molecule has 0 aliphatic carbocycles. The molecule has 1 amide bonds. The number of aryl methyl sites for hydroxylation is 2. The van der Waals surface area contributed by atoms with Gasteiger partial charge < -0.3 is 9.64 Å². The van der Waals surface area contributed by atoms with Crippen LogP contribution in [0.15, 0.2) is 48.5 Å². The molecule has 0 N–H and O–H groups in total. The van der Waals surface area contributed by atoms with Crippen LogP contribution >= 0.6 is 0 Å². The molecule has 3 rings (SSSR count). The number of hydrogen-bond donors (Lipinski definition) is 0. The van der Waals surface area contributed by atoms with E-state index in [1.54, 1.807) is 0 Å². The summed E-state index contributed by atoms with van der Waals surface area (Å²) in [5.41, 5.74) is 4.59. The summed E-state index contributed by atoms with van der Waals surface area (Å²) in [7, 11) is 0. The molecule has 2 aromatic carbocycles. The van der Waals surface area contributed by atoms with Crippen LogP contribution in [0.4, 0.5) is 0 Å². The summed E-state index contributed by atoms with van der Waals surface area (Å²) >= 11 is 0. The van der Waals surface area contributed by atoms with Crippen LogP contribution in [-0.4, -0.2) is 55.0 Å². The fourth-order valence-corrected chi connectivity index (χ4v) is 3.45. The standard InChI is InChI=1S/C24H30N2O2/c1-19-11-12-20(2)24(21(19)3)28-18-23(27)26-16-14-25(15-17-26)13-7-10-22-8-5-4-6-9-22/h4-12H,13-18H2,1-3H3/b10-7+. The van der Waals surface area contributed by atoms with Crippen molar-refractivity contribution >= 4 is 12.0 Å². The smallest absolute Gasteiger partial charge is 0.260 e. The second-order valence-electron chi connectivity index (χ2n) is 7.44. The molecule has 1 fully saturated rings. The van der Waals surface area contributed by atoms with Crippen LogP contribution in [0.2, 0.25) is 0 Å². The summed E-state index contributed by atoms with van der Waals surface area (Å²) in [6.07, 6.45) is 4.34. The van der Waals surface area contributed by atoms with Crippen LogP contribution in [0.5, 0.6) is 5.75 Å². The van der Waals surface area contributed by atoms with Crippen LogP contribution in [-0.2, 0) is 4.79 Å². The van der Waals surface area contributed by atoms with Crippen LogP contribution < -0.4 is 4.74 Å². The Labute approximate surface area is 168 Å². The van der Waals surface area contributed by atoms with Crippen molar-refractivity contribution in [3.05, 3.63) is 70.8 Å². The Morgan fingerprint density at radius 1 is 0.964 bits per heavy atom. The second-order valence-corrected chi connectivity index (χ2v) is 7.44. The molecule has 0 atom stereocenters. The van der Waals surface area contributed by atoms with Gasteiger partial charge in [0.25, 0.3) is 5.91 Å². The van der Waals surface area contributed by atoms with Gasteiger partial charge in [-0.15, -0.1) is 0 Å². The lowest BCUT2D eigenvalue weighted by Crippen LogP contribution is -2.49. The van der Waals surface area contributed by atoms with Crippen LogP contribution in [0, 0.1) is 20.8 Å². The van der Waals surface area contributed by atoms with E-state index in [4.69, 9.17) is 4.74 Å². The van der Waals surface area contributed by atoms with Gasteiger partial charge in [-0.25, -0.2) is 0 Å². The Hall–Kier alpha value is -2.59. The summed E-state index contributed by atoms with van der Waals surface area (Å²) in [6.45, 7) is 10.5. The summed E-state index contributed by atoms with van der Waals surface area (Å²) in [5, 5.41) is 0. The zero-order valence-electron chi connectivity index (χ0n) is 17.1. The molecule has 0 saturated carbocycles. The number of hydrogen-bond acceptors (Lipinski definition) is 3. The molecule has 4 nitrogen and oxygen atoms in total. The Morgan fingerprint density at radius 2 is 1.64 bits per heavy atom. The van der Waals surface area contributed by atoms with Crippen LogP contribution in [0.1, 0.15) is 22.3 Å². The van der Waals surface area contributed by atoms with Gasteiger partial charge in [-0.05, 0) is 43.0 Å². The third-order valence-electron chi connectivity index (χ3n) is 5.41. The van der Waals surface area contributed by atoms with E-state index in [0.29, 0.717) is 0 Å². The van der Waals surface area contributed by atoms with Crippen molar-refractivity contribution in [3.8, 4) is 5.75 Å². The predicted octanol–water partition coefficient (Wildman–Crippen LogP) is 3.85. The summed E-state index contributed by atoms with van der Waals surface area (Å²) in [6, 6.07) is 14.5. The van der Waals surface area contributed by atoms with Gasteiger partial charge in [0.2, 0.25) is 0 Å². The van der Waals surface area contributed by atoms with E-state index in [-0.39, 0.29) is 12.5 Å². The Kier molecular flexibility index (Phi) is 6.88. The molecule has 1 saturated heterocycles. The Morgan fingerprint density at radius 3 is 2.36 bits per heavy atom. The highest BCUT2D eigenvalue weighted by Gasteiger charge is 2.21. The summed E-state index contributed by atoms with van der Waals surface area (Å²) in [5.74, 6) is 0.915. The van der Waals surface area contributed by atoms with E-state index >= 15 is 0 Å². The highest BCUT2D eigenvalue weighted by Crippen LogP contribution is 2.25. The fourth-order valence-electron chi connectivity index (χ4n) is 3.45. The molecule has 1 aliphatic heterocycles. The first-order valence-electron chi connectivity index (χ1n) is 9.96. The minimum atomic E-state index is 0.0692. The molecule has 148 valence electrons. The van der Waals surface area contributed by atoms with Gasteiger partial charge in [0.15, 0.2) is 6.61 Å². The quantitative estimate of drug-likeness (QED) is 0.765. The molecule has 0 bridgehead atoms. The van der Waals surface area contributed by atoms with Crippen molar-refractivity contribution in [2.45, 2.75) is 20.8 Å². The number of nitrogens with zero attached hydrogens (tertiary/aromatic N) is 2. The normalized spacial score (nSPS) is 15.2. The van der Waals surface area contributed by atoms with Gasteiger partial charge in [0, 0.05) is 32.7 Å². The molecule has 0 unspecified atom stereocenters. The maximum absolute atomic E-state index is 12.6. The molecule has 1 aliphatic rings. The van der Waals surface area contributed by atoms with Gasteiger partial charge in [0.05, 0.1) is 0 Å². The monoisotopic (exact) mass is 378 g/mol. The van der Waals surface area contributed by atoms with Gasteiger partial charge in [-0.1, -0.05) is 54.6 Å². The molecule has 0 radical (unpaired) electrons. The van der Waals surface area contributed by atoms with Gasteiger partial charge in [0.1, 0.15) is 5.75 Å². The molecular formula is C24H30N2O2. The minimum Gasteiger partial charge on any atom is -0.483 e. The number of benzene rings is 2. The average Bonchev–Trinajstić information content (AvgIpc) is 2.72. The highest BCUT2D eigenvalue weighted by molar-refractivity contribution is 5.78. The van der Waals surface area contributed by atoms with Crippen molar-refractivity contribution in [1.29, 1.82) is 0 Å². The second kappa shape index (κ2) is 9.56. The van der Waals surface area contributed by atoms with E-state index in [1.807, 2.05) is 43.0 Å². The maximum atomic E-state index is 12.6. The molecular weight excluding hydrogens is 348 g/mol. The molecule has 1 heterocycles. The van der Waals surface area contributed by atoms with Crippen molar-refractivity contribution < 1.29 is 9.53 Å². The molecule has 2 aromatic rings. The van der Waals surface area contributed by atoms with E-state index in [2.05, 4.69) is 42.2 Å². The summed E-state index contributed by atoms with van der Waals surface area (Å²) < 4.78 is 5.89. The van der Waals surface area contributed by atoms with E-state index < -0.39 is 0 Å². The van der Waals surface area contributed by atoms with Crippen molar-refractivity contribution in [2.24, 2.45) is 0 Å². The molecule has 0 spiro atoms. The number of carbonyl (C=O) groups excluding carboxylic acids is 1. The van der Waals surface area contributed by atoms with Crippen molar-refractivity contribution in [2.75, 3.05) is 39.3 Å². The first kappa shape index (κ1) is 20.2. The number of carbonyl (C=O) groups is 1. The Balaban J connectivity index is 1.44. The molecule has 4 heteroatoms. The van der Waals surface area contributed by atoms with Gasteiger partial charge >= 0.3 is 0 Å². The van der Waals surface area contributed by atoms with Crippen LogP contribution in [0.3, 0.4) is 0 Å². The highest BCUT2D eigenvalue weighted by atomic mass is 16.5. The first-order chi connectivity index (χ1) is 13.5. The third-order valence-corrected chi connectivity index (χ3v) is 5.41. The minimum absolute atomic E-state index is 0.0692. The first-order valence-corrected chi connectivity index (χ1v) is 9.96. The largest absolute Gasteiger partial charge is 0.483 e. The lowest BCUT2D eigenvalue weighted by atomic mass is 10.1. The van der Waals surface area contributed by atoms with E-state index in [0.717, 1.165) is 49.6 Å². The third kappa shape index (κ3) is 5.23. The van der Waals surface area contributed by atoms with E-state index in [9.17, 15) is 4.79 Å². The topological polar surface area (TPSA) is 32.8 Å². The molecule has 0 aromatic heterocycles. The lowest BCUT2D eigenvalue weighted by Gasteiger charge is -2.34. The van der Waals surface area contributed by atoms with Gasteiger partial charge in [-0.2, -0.15) is 0 Å². The lowest BCUT2D eigenvalue weighted by molar-refractivity contribution is -0.135. The molecule has 28 heavy (non-hydrogen) atoms. The van der Waals surface area contributed by atoms with Crippen molar-refractivity contribution in [1.82, 2.24) is 9.80 Å². The zero-order valence-corrected chi connectivity index (χ0v) is 17.1. The van der Waals surface area contributed by atoms with Crippen LogP contribution in [0.25, 0.3) is 6.08 Å². The maximum Gasteiger partial charge on any atom is 0.260 e. The Bertz CT molecular complexity index is 822. The number of ether oxygens (including phenoxy) is 1. The average molecular weight is 379 g/mol. The summed E-state index contributed by atoms with van der Waals surface area (Å²) in [4.78, 5) is 16.8. The number of rotatable bonds is 6. The van der Waals surface area contributed by atoms with Gasteiger partial charge in [-0.3, -0.25) is 9.69 Å². The number of piperazine rings is 1. The van der Waals surface area contributed by atoms with Crippen molar-refractivity contribution in [3.63, 3.8) is 0 Å². The fraction of sp³-hybridized carbons (Fsp3) is 0.375. The SMILES string of the molecule is Cc1ccc(C)c(OCC(=O)N2CCN(C/C=C/c3ccccc3)CC2)c1C. The van der Waals surface area contributed by atoms with E-state index in [1.165, 1.54) is 11.1 Å². The predicted molar refractivity (Wildman–Crippen MR) is 115 cm³/mol. The number of amides is 1. The zero-order chi connectivity index (χ0) is 19.9.